The van der Waals surface area contributed by atoms with Crippen molar-refractivity contribution in [3.8, 4) is 5.75 Å². The van der Waals surface area contributed by atoms with Gasteiger partial charge in [0.2, 0.25) is 10.0 Å². The Labute approximate surface area is 124 Å². The molecule has 0 saturated carbocycles. The summed E-state index contributed by atoms with van der Waals surface area (Å²) >= 11 is 0. The van der Waals surface area contributed by atoms with E-state index in [1.54, 1.807) is 0 Å². The predicted molar refractivity (Wildman–Crippen MR) is 77.7 cm³/mol. The van der Waals surface area contributed by atoms with Crippen LogP contribution in [0.15, 0.2) is 28.0 Å². The first-order valence-corrected chi connectivity index (χ1v) is 9.72. The standard InChI is InChI=1S/C12H18N2O5S2/c1-19-11-4-3-10(20(2,15)16)7-12(11)21(17,18)14-9-5-6-13-8-9/h3-4,7,9,13-14H,5-6,8H2,1-2H3. The van der Waals surface area contributed by atoms with Crippen molar-refractivity contribution < 1.29 is 21.6 Å². The second kappa shape index (κ2) is 5.91. The topological polar surface area (TPSA) is 102 Å². The van der Waals surface area contributed by atoms with Crippen molar-refractivity contribution >= 4 is 19.9 Å². The van der Waals surface area contributed by atoms with E-state index in [1.807, 2.05) is 0 Å². The number of sulfonamides is 1. The third kappa shape index (κ3) is 3.73. The van der Waals surface area contributed by atoms with Crippen LogP contribution < -0.4 is 14.8 Å². The Balaban J connectivity index is 2.44. The molecular formula is C12H18N2O5S2. The third-order valence-corrected chi connectivity index (χ3v) is 5.89. The van der Waals surface area contributed by atoms with Gasteiger partial charge in [-0.2, -0.15) is 0 Å². The Morgan fingerprint density at radius 3 is 2.52 bits per heavy atom. The average molecular weight is 334 g/mol. The summed E-state index contributed by atoms with van der Waals surface area (Å²) in [5.41, 5.74) is 0. The molecule has 0 aliphatic carbocycles. The van der Waals surface area contributed by atoms with Crippen LogP contribution in [0.25, 0.3) is 0 Å². The van der Waals surface area contributed by atoms with Crippen LogP contribution in [0, 0.1) is 0 Å². The van der Waals surface area contributed by atoms with E-state index in [4.69, 9.17) is 4.74 Å². The van der Waals surface area contributed by atoms with Crippen molar-refractivity contribution in [1.82, 2.24) is 10.0 Å². The second-order valence-corrected chi connectivity index (χ2v) is 8.59. The van der Waals surface area contributed by atoms with E-state index >= 15 is 0 Å². The molecule has 1 aliphatic rings. The van der Waals surface area contributed by atoms with Gasteiger partial charge < -0.3 is 10.1 Å². The minimum atomic E-state index is -3.85. The molecule has 0 bridgehead atoms. The molecule has 9 heteroatoms. The van der Waals surface area contributed by atoms with Crippen LogP contribution >= 0.6 is 0 Å². The third-order valence-electron chi connectivity index (χ3n) is 3.23. The maximum absolute atomic E-state index is 12.4. The first-order chi connectivity index (χ1) is 9.74. The Hall–Kier alpha value is -1.16. The SMILES string of the molecule is COc1ccc(S(C)(=O)=O)cc1S(=O)(=O)NC1CCNC1. The number of rotatable bonds is 5. The average Bonchev–Trinajstić information content (AvgIpc) is 2.89. The predicted octanol–water partition coefficient (Wildman–Crippen LogP) is -0.261. The molecule has 0 spiro atoms. The summed E-state index contributed by atoms with van der Waals surface area (Å²) in [6.07, 6.45) is 1.72. The quantitative estimate of drug-likeness (QED) is 0.769. The molecule has 1 fully saturated rings. The van der Waals surface area contributed by atoms with Gasteiger partial charge in [0.1, 0.15) is 10.6 Å². The highest BCUT2D eigenvalue weighted by Gasteiger charge is 2.26. The second-order valence-electron chi connectivity index (χ2n) is 4.90. The summed E-state index contributed by atoms with van der Waals surface area (Å²) in [5.74, 6) is 0.112. The van der Waals surface area contributed by atoms with Crippen molar-refractivity contribution in [1.29, 1.82) is 0 Å². The van der Waals surface area contributed by atoms with Gasteiger partial charge in [0.05, 0.1) is 12.0 Å². The van der Waals surface area contributed by atoms with Crippen LogP contribution in [0.3, 0.4) is 0 Å². The fraction of sp³-hybridized carbons (Fsp3) is 0.500. The van der Waals surface area contributed by atoms with Gasteiger partial charge in [-0.15, -0.1) is 0 Å². The fourth-order valence-electron chi connectivity index (χ4n) is 2.14. The van der Waals surface area contributed by atoms with E-state index in [2.05, 4.69) is 10.0 Å². The smallest absolute Gasteiger partial charge is 0.244 e. The first-order valence-electron chi connectivity index (χ1n) is 6.35. The number of nitrogens with one attached hydrogen (secondary N) is 2. The first kappa shape index (κ1) is 16.2. The molecule has 2 rings (SSSR count). The Bertz CT molecular complexity index is 722. The fourth-order valence-corrected chi connectivity index (χ4v) is 4.32. The maximum Gasteiger partial charge on any atom is 0.244 e. The van der Waals surface area contributed by atoms with Gasteiger partial charge in [0, 0.05) is 18.8 Å². The van der Waals surface area contributed by atoms with E-state index in [1.165, 1.54) is 19.2 Å². The van der Waals surface area contributed by atoms with Gasteiger partial charge in [-0.05, 0) is 31.2 Å². The van der Waals surface area contributed by atoms with Crippen LogP contribution in [0.5, 0.6) is 5.75 Å². The molecule has 0 amide bonds. The molecule has 0 aromatic heterocycles. The van der Waals surface area contributed by atoms with Crippen molar-refractivity contribution in [3.63, 3.8) is 0 Å². The molecular weight excluding hydrogens is 316 g/mol. The number of ether oxygens (including phenoxy) is 1. The number of hydrogen-bond donors (Lipinski definition) is 2. The van der Waals surface area contributed by atoms with Crippen LogP contribution in [-0.2, 0) is 19.9 Å². The van der Waals surface area contributed by atoms with Crippen LogP contribution in [0.2, 0.25) is 0 Å². The van der Waals surface area contributed by atoms with Crippen molar-refractivity contribution in [2.24, 2.45) is 0 Å². The lowest BCUT2D eigenvalue weighted by molar-refractivity contribution is 0.401. The molecule has 1 saturated heterocycles. The lowest BCUT2D eigenvalue weighted by atomic mass is 10.3. The lowest BCUT2D eigenvalue weighted by Gasteiger charge is -2.15. The van der Waals surface area contributed by atoms with E-state index in [-0.39, 0.29) is 21.6 Å². The number of sulfone groups is 1. The van der Waals surface area contributed by atoms with Gasteiger partial charge in [0.15, 0.2) is 9.84 Å². The molecule has 2 N–H and O–H groups in total. The zero-order chi connectivity index (χ0) is 15.7. The highest BCUT2D eigenvalue weighted by Crippen LogP contribution is 2.27. The summed E-state index contributed by atoms with van der Waals surface area (Å²) in [4.78, 5) is -0.229. The van der Waals surface area contributed by atoms with Crippen molar-refractivity contribution in [2.45, 2.75) is 22.3 Å². The molecule has 1 aliphatic heterocycles. The summed E-state index contributed by atoms with van der Waals surface area (Å²) in [6.45, 7) is 1.29. The van der Waals surface area contributed by atoms with E-state index in [0.29, 0.717) is 13.0 Å². The van der Waals surface area contributed by atoms with Gasteiger partial charge >= 0.3 is 0 Å². The van der Waals surface area contributed by atoms with E-state index in [9.17, 15) is 16.8 Å². The Morgan fingerprint density at radius 1 is 1.29 bits per heavy atom. The summed E-state index contributed by atoms with van der Waals surface area (Å²) < 4.78 is 55.6. The van der Waals surface area contributed by atoms with Gasteiger partial charge in [-0.25, -0.2) is 21.6 Å². The van der Waals surface area contributed by atoms with Crippen LogP contribution in [0.1, 0.15) is 6.42 Å². The highest BCUT2D eigenvalue weighted by molar-refractivity contribution is 7.91. The summed E-state index contributed by atoms with van der Waals surface area (Å²) in [5, 5.41) is 3.06. The van der Waals surface area contributed by atoms with E-state index < -0.39 is 19.9 Å². The minimum absolute atomic E-state index is 0.0618. The molecule has 21 heavy (non-hydrogen) atoms. The molecule has 1 aromatic carbocycles. The Morgan fingerprint density at radius 2 is 2.00 bits per heavy atom. The van der Waals surface area contributed by atoms with Crippen molar-refractivity contribution in [3.05, 3.63) is 18.2 Å². The zero-order valence-corrected chi connectivity index (χ0v) is 13.4. The molecule has 118 valence electrons. The maximum atomic E-state index is 12.4. The van der Waals surface area contributed by atoms with E-state index in [0.717, 1.165) is 18.9 Å². The zero-order valence-electron chi connectivity index (χ0n) is 11.8. The van der Waals surface area contributed by atoms with Gasteiger partial charge in [-0.3, -0.25) is 0 Å². The highest BCUT2D eigenvalue weighted by atomic mass is 32.2. The molecule has 1 atom stereocenters. The number of hydrogen-bond acceptors (Lipinski definition) is 6. The molecule has 1 aromatic rings. The largest absolute Gasteiger partial charge is 0.495 e. The van der Waals surface area contributed by atoms with Crippen LogP contribution in [-0.4, -0.2) is 49.3 Å². The lowest BCUT2D eigenvalue weighted by Crippen LogP contribution is -2.36. The molecule has 0 radical (unpaired) electrons. The minimum Gasteiger partial charge on any atom is -0.495 e. The van der Waals surface area contributed by atoms with Crippen molar-refractivity contribution in [2.75, 3.05) is 26.5 Å². The van der Waals surface area contributed by atoms with Gasteiger partial charge in [-0.1, -0.05) is 0 Å². The number of benzene rings is 1. The molecule has 1 heterocycles. The number of methoxy groups -OCH3 is 1. The summed E-state index contributed by atoms with van der Waals surface area (Å²) in [6, 6.07) is 3.59. The molecule has 1 unspecified atom stereocenters. The monoisotopic (exact) mass is 334 g/mol. The van der Waals surface area contributed by atoms with Crippen LogP contribution in [0.4, 0.5) is 0 Å². The summed E-state index contributed by atoms with van der Waals surface area (Å²) in [7, 11) is -6.01. The normalized spacial score (nSPS) is 19.6. The molecule has 7 nitrogen and oxygen atoms in total. The Kier molecular flexibility index (Phi) is 4.57. The van der Waals surface area contributed by atoms with Gasteiger partial charge in [0.25, 0.3) is 0 Å².